The summed E-state index contributed by atoms with van der Waals surface area (Å²) >= 11 is 0. The molecule has 0 radical (unpaired) electrons. The number of hydrogen-bond donors (Lipinski definition) is 1. The highest BCUT2D eigenvalue weighted by molar-refractivity contribution is 5.82. The Bertz CT molecular complexity index is 567. The van der Waals surface area contributed by atoms with Crippen LogP contribution in [0.25, 0.3) is 0 Å². The zero-order valence-electron chi connectivity index (χ0n) is 15.3. The van der Waals surface area contributed by atoms with Crippen molar-refractivity contribution in [2.24, 2.45) is 23.7 Å². The van der Waals surface area contributed by atoms with Gasteiger partial charge in [-0.3, -0.25) is 4.79 Å². The molecule has 24 heavy (non-hydrogen) atoms. The molecule has 2 heteroatoms. The van der Waals surface area contributed by atoms with Gasteiger partial charge >= 0.3 is 0 Å². The molecule has 3 aliphatic carbocycles. The van der Waals surface area contributed by atoms with Crippen molar-refractivity contribution in [2.75, 3.05) is 0 Å². The Morgan fingerprint density at radius 2 is 2.12 bits per heavy atom. The van der Waals surface area contributed by atoms with Crippen molar-refractivity contribution in [3.63, 3.8) is 0 Å². The van der Waals surface area contributed by atoms with Crippen LogP contribution in [0.4, 0.5) is 0 Å². The molecule has 1 fully saturated rings. The third kappa shape index (κ3) is 3.33. The van der Waals surface area contributed by atoms with Gasteiger partial charge in [-0.05, 0) is 62.2 Å². The predicted molar refractivity (Wildman–Crippen MR) is 97.3 cm³/mol. The lowest BCUT2D eigenvalue weighted by atomic mass is 9.57. The molecule has 0 bridgehead atoms. The largest absolute Gasteiger partial charge is 0.378 e. The number of terminal acetylenes is 1. The number of allylic oxidation sites excluding steroid dienone is 2. The quantitative estimate of drug-likeness (QED) is 0.602. The summed E-state index contributed by atoms with van der Waals surface area (Å²) in [7, 11) is 0. The van der Waals surface area contributed by atoms with E-state index in [0.717, 1.165) is 44.4 Å². The molecule has 0 aromatic heterocycles. The van der Waals surface area contributed by atoms with Gasteiger partial charge in [0.1, 0.15) is 11.4 Å². The fourth-order valence-corrected chi connectivity index (χ4v) is 5.76. The monoisotopic (exact) mass is 328 g/mol. The van der Waals surface area contributed by atoms with E-state index >= 15 is 0 Å². The first kappa shape index (κ1) is 17.7. The van der Waals surface area contributed by atoms with Gasteiger partial charge in [0.25, 0.3) is 0 Å². The van der Waals surface area contributed by atoms with Crippen molar-refractivity contribution >= 4 is 5.78 Å². The van der Waals surface area contributed by atoms with Gasteiger partial charge in [-0.15, -0.1) is 6.42 Å². The van der Waals surface area contributed by atoms with Gasteiger partial charge in [-0.1, -0.05) is 43.8 Å². The number of hydrogen-bond acceptors (Lipinski definition) is 2. The van der Waals surface area contributed by atoms with Gasteiger partial charge in [0.2, 0.25) is 0 Å². The molecule has 1 saturated carbocycles. The smallest absolute Gasteiger partial charge is 0.137 e. The average molecular weight is 328 g/mol. The third-order valence-electron chi connectivity index (χ3n) is 7.09. The van der Waals surface area contributed by atoms with Crippen LogP contribution in [-0.2, 0) is 4.79 Å². The molecular formula is C22H32O2. The maximum atomic E-state index is 11.8. The summed E-state index contributed by atoms with van der Waals surface area (Å²) < 4.78 is 0. The lowest BCUT2D eigenvalue weighted by Crippen LogP contribution is -2.40. The van der Waals surface area contributed by atoms with Gasteiger partial charge in [0.05, 0.1) is 0 Å². The van der Waals surface area contributed by atoms with Crippen molar-refractivity contribution in [2.45, 2.75) is 83.7 Å². The highest BCUT2D eigenvalue weighted by atomic mass is 16.3. The van der Waals surface area contributed by atoms with Crippen LogP contribution in [-0.4, -0.2) is 16.5 Å². The minimum atomic E-state index is -0.924. The number of rotatable bonds is 4. The molecule has 2 nitrogen and oxygen atoms in total. The summed E-state index contributed by atoms with van der Waals surface area (Å²) in [5, 5.41) is 10.5. The minimum absolute atomic E-state index is 0.439. The van der Waals surface area contributed by atoms with Crippen LogP contribution in [0, 0.1) is 36.0 Å². The van der Waals surface area contributed by atoms with Gasteiger partial charge in [-0.2, -0.15) is 0 Å². The lowest BCUT2D eigenvalue weighted by molar-refractivity contribution is -0.119. The average Bonchev–Trinajstić information content (AvgIpc) is 2.59. The highest BCUT2D eigenvalue weighted by Gasteiger charge is 2.43. The SMILES string of the molecule is C#C[C@@](O)(CC)CCC1CCCC2C3=C(CC(=O)CC3)C[C@@H](C)C12. The summed E-state index contributed by atoms with van der Waals surface area (Å²) in [4.78, 5) is 11.8. The number of carbonyl (C=O) groups excluding carboxylic acids is 1. The third-order valence-corrected chi connectivity index (χ3v) is 7.09. The van der Waals surface area contributed by atoms with Gasteiger partial charge in [0, 0.05) is 12.8 Å². The Balaban J connectivity index is 1.76. The topological polar surface area (TPSA) is 37.3 Å². The molecule has 3 rings (SSSR count). The molecule has 0 aliphatic heterocycles. The summed E-state index contributed by atoms with van der Waals surface area (Å²) in [5.74, 6) is 5.80. The number of aliphatic hydroxyl groups is 1. The molecule has 3 unspecified atom stereocenters. The van der Waals surface area contributed by atoms with Gasteiger partial charge in [-0.25, -0.2) is 0 Å². The minimum Gasteiger partial charge on any atom is -0.378 e. The molecule has 132 valence electrons. The van der Waals surface area contributed by atoms with Crippen LogP contribution in [0.2, 0.25) is 0 Å². The molecule has 0 aromatic rings. The zero-order valence-corrected chi connectivity index (χ0v) is 15.3. The Morgan fingerprint density at radius 3 is 2.83 bits per heavy atom. The normalized spacial score (nSPS) is 35.7. The van der Waals surface area contributed by atoms with E-state index < -0.39 is 5.60 Å². The summed E-state index contributed by atoms with van der Waals surface area (Å²) in [6.07, 6.45) is 15.4. The van der Waals surface area contributed by atoms with E-state index in [1.54, 1.807) is 5.57 Å². The second-order valence-electron chi connectivity index (χ2n) is 8.47. The van der Waals surface area contributed by atoms with E-state index in [0.29, 0.717) is 30.0 Å². The van der Waals surface area contributed by atoms with Crippen molar-refractivity contribution in [1.29, 1.82) is 0 Å². The van der Waals surface area contributed by atoms with E-state index in [-0.39, 0.29) is 0 Å². The molecule has 1 N–H and O–H groups in total. The maximum Gasteiger partial charge on any atom is 0.137 e. The predicted octanol–water partition coefficient (Wildman–Crippen LogP) is 4.66. The Hall–Kier alpha value is -1.07. The van der Waals surface area contributed by atoms with E-state index in [2.05, 4.69) is 12.8 Å². The Kier molecular flexibility index (Phi) is 5.21. The molecule has 0 spiro atoms. The van der Waals surface area contributed by atoms with E-state index in [9.17, 15) is 9.90 Å². The summed E-state index contributed by atoms with van der Waals surface area (Å²) in [5.41, 5.74) is 2.20. The summed E-state index contributed by atoms with van der Waals surface area (Å²) in [6, 6.07) is 0. The van der Waals surface area contributed by atoms with Crippen molar-refractivity contribution in [1.82, 2.24) is 0 Å². The first-order chi connectivity index (χ1) is 11.5. The first-order valence-corrected chi connectivity index (χ1v) is 9.90. The molecule has 0 aromatic carbocycles. The standard InChI is InChI=1S/C22H32O2/c1-4-22(24,5-2)12-11-16-7-6-8-20-19-10-9-18(23)14-17(19)13-15(3)21(16)20/h1,15-16,20-21,24H,5-14H2,2-3H3/t15-,16?,20?,21?,22-/m1/s1. The van der Waals surface area contributed by atoms with Crippen LogP contribution in [0.5, 0.6) is 0 Å². The van der Waals surface area contributed by atoms with Gasteiger partial charge in [0.15, 0.2) is 0 Å². The van der Waals surface area contributed by atoms with Crippen LogP contribution in [0.15, 0.2) is 11.1 Å². The van der Waals surface area contributed by atoms with Crippen molar-refractivity contribution in [3.8, 4) is 12.3 Å². The Morgan fingerprint density at radius 1 is 1.33 bits per heavy atom. The second-order valence-corrected chi connectivity index (χ2v) is 8.47. The molecule has 0 saturated heterocycles. The van der Waals surface area contributed by atoms with E-state index in [4.69, 9.17) is 6.42 Å². The number of carbonyl (C=O) groups is 1. The second kappa shape index (κ2) is 7.04. The lowest BCUT2D eigenvalue weighted by Gasteiger charge is -2.48. The molecule has 5 atom stereocenters. The van der Waals surface area contributed by atoms with E-state index in [1.165, 1.54) is 24.8 Å². The number of ketones is 1. The fraction of sp³-hybridized carbons (Fsp3) is 0.773. The first-order valence-electron chi connectivity index (χ1n) is 9.90. The van der Waals surface area contributed by atoms with Crippen molar-refractivity contribution < 1.29 is 9.90 Å². The van der Waals surface area contributed by atoms with Crippen LogP contribution in [0.3, 0.4) is 0 Å². The fourth-order valence-electron chi connectivity index (χ4n) is 5.76. The Labute approximate surface area is 147 Å². The van der Waals surface area contributed by atoms with E-state index in [1.807, 2.05) is 6.92 Å². The zero-order chi connectivity index (χ0) is 17.3. The van der Waals surface area contributed by atoms with Crippen molar-refractivity contribution in [3.05, 3.63) is 11.1 Å². The van der Waals surface area contributed by atoms with Crippen LogP contribution < -0.4 is 0 Å². The maximum absolute atomic E-state index is 11.8. The molecular weight excluding hydrogens is 296 g/mol. The van der Waals surface area contributed by atoms with Crippen LogP contribution >= 0.6 is 0 Å². The molecule has 0 amide bonds. The number of Topliss-reactive ketones (excluding diaryl/α,β-unsaturated/α-hetero) is 1. The molecule has 3 aliphatic rings. The van der Waals surface area contributed by atoms with Gasteiger partial charge < -0.3 is 5.11 Å². The number of fused-ring (bicyclic) bond motifs is 2. The highest BCUT2D eigenvalue weighted by Crippen LogP contribution is 2.53. The summed E-state index contributed by atoms with van der Waals surface area (Å²) in [6.45, 7) is 4.36. The molecule has 0 heterocycles. The van der Waals surface area contributed by atoms with Crippen LogP contribution in [0.1, 0.15) is 78.1 Å².